The number of amides is 2. The number of nitrogens with one attached hydrogen (secondary N) is 1. The van der Waals surface area contributed by atoms with Crippen LogP contribution in [0.3, 0.4) is 0 Å². The first-order valence-electron chi connectivity index (χ1n) is 7.81. The Kier molecular flexibility index (Phi) is 5.97. The van der Waals surface area contributed by atoms with Gasteiger partial charge in [-0.25, -0.2) is 0 Å². The van der Waals surface area contributed by atoms with Gasteiger partial charge in [-0.15, -0.1) is 0 Å². The molecule has 0 saturated heterocycles. The SMILES string of the molecule is CCCN(C(=O)c1ccco1)[C@H](C)CC(=O)Nc1ccccc1. The number of nitrogens with zero attached hydrogens (tertiary/aromatic N) is 1. The second-order valence-corrected chi connectivity index (χ2v) is 5.44. The van der Waals surface area contributed by atoms with Gasteiger partial charge in [0.25, 0.3) is 5.91 Å². The minimum absolute atomic E-state index is 0.114. The minimum Gasteiger partial charge on any atom is -0.459 e. The van der Waals surface area contributed by atoms with Crippen molar-refractivity contribution in [2.75, 3.05) is 11.9 Å². The summed E-state index contributed by atoms with van der Waals surface area (Å²) >= 11 is 0. The number of carbonyl (C=O) groups excluding carboxylic acids is 2. The quantitative estimate of drug-likeness (QED) is 0.850. The summed E-state index contributed by atoms with van der Waals surface area (Å²) in [6.45, 7) is 4.46. The highest BCUT2D eigenvalue weighted by Crippen LogP contribution is 2.14. The normalized spacial score (nSPS) is 11.7. The van der Waals surface area contributed by atoms with Crippen molar-refractivity contribution >= 4 is 17.5 Å². The third-order valence-electron chi connectivity index (χ3n) is 3.53. The van der Waals surface area contributed by atoms with Crippen molar-refractivity contribution < 1.29 is 14.0 Å². The van der Waals surface area contributed by atoms with Crippen molar-refractivity contribution in [1.82, 2.24) is 4.90 Å². The summed E-state index contributed by atoms with van der Waals surface area (Å²) in [4.78, 5) is 26.3. The van der Waals surface area contributed by atoms with Gasteiger partial charge in [0.05, 0.1) is 6.26 Å². The lowest BCUT2D eigenvalue weighted by molar-refractivity contribution is -0.117. The number of anilines is 1. The van der Waals surface area contributed by atoms with E-state index in [4.69, 9.17) is 4.42 Å². The molecule has 0 aliphatic carbocycles. The van der Waals surface area contributed by atoms with Crippen molar-refractivity contribution in [2.24, 2.45) is 0 Å². The highest BCUT2D eigenvalue weighted by Gasteiger charge is 2.24. The number of furan rings is 1. The summed E-state index contributed by atoms with van der Waals surface area (Å²) in [6.07, 6.45) is 2.53. The van der Waals surface area contributed by atoms with Crippen LogP contribution in [-0.2, 0) is 4.79 Å². The van der Waals surface area contributed by atoms with Crippen LogP contribution in [0.1, 0.15) is 37.2 Å². The fourth-order valence-corrected chi connectivity index (χ4v) is 2.42. The van der Waals surface area contributed by atoms with Crippen LogP contribution in [0.25, 0.3) is 0 Å². The van der Waals surface area contributed by atoms with Gasteiger partial charge in [0.15, 0.2) is 5.76 Å². The average Bonchev–Trinajstić information content (AvgIpc) is 3.07. The number of carbonyl (C=O) groups is 2. The third kappa shape index (κ3) is 4.71. The lowest BCUT2D eigenvalue weighted by Crippen LogP contribution is -2.41. The van der Waals surface area contributed by atoms with Crippen LogP contribution < -0.4 is 5.32 Å². The minimum atomic E-state index is -0.212. The van der Waals surface area contributed by atoms with E-state index in [0.717, 1.165) is 12.1 Å². The predicted octanol–water partition coefficient (Wildman–Crippen LogP) is 3.55. The Balaban J connectivity index is 1.99. The molecule has 5 heteroatoms. The molecular formula is C18H22N2O3. The van der Waals surface area contributed by atoms with E-state index in [1.165, 1.54) is 6.26 Å². The molecule has 0 saturated carbocycles. The van der Waals surface area contributed by atoms with E-state index in [9.17, 15) is 9.59 Å². The lowest BCUT2D eigenvalue weighted by Gasteiger charge is -2.28. The molecule has 0 unspecified atom stereocenters. The Morgan fingerprint density at radius 3 is 2.52 bits per heavy atom. The van der Waals surface area contributed by atoms with Gasteiger partial charge in [-0.2, -0.15) is 0 Å². The molecular weight excluding hydrogens is 292 g/mol. The predicted molar refractivity (Wildman–Crippen MR) is 89.2 cm³/mol. The maximum Gasteiger partial charge on any atom is 0.289 e. The van der Waals surface area contributed by atoms with Crippen LogP contribution in [0.2, 0.25) is 0 Å². The zero-order valence-electron chi connectivity index (χ0n) is 13.5. The molecule has 0 radical (unpaired) electrons. The fraction of sp³-hybridized carbons (Fsp3) is 0.333. The van der Waals surface area contributed by atoms with Gasteiger partial charge in [-0.3, -0.25) is 9.59 Å². The summed E-state index contributed by atoms with van der Waals surface area (Å²) < 4.78 is 5.18. The van der Waals surface area contributed by atoms with E-state index < -0.39 is 0 Å². The molecule has 0 spiro atoms. The van der Waals surface area contributed by atoms with Crippen LogP contribution in [0, 0.1) is 0 Å². The molecule has 0 aliphatic rings. The van der Waals surface area contributed by atoms with Crippen molar-refractivity contribution in [2.45, 2.75) is 32.7 Å². The molecule has 0 bridgehead atoms. The van der Waals surface area contributed by atoms with Gasteiger partial charge in [0.1, 0.15) is 0 Å². The van der Waals surface area contributed by atoms with Crippen LogP contribution in [0.4, 0.5) is 5.69 Å². The second kappa shape index (κ2) is 8.17. The van der Waals surface area contributed by atoms with Crippen molar-refractivity contribution in [3.63, 3.8) is 0 Å². The Bertz CT molecular complexity index is 623. The van der Waals surface area contributed by atoms with E-state index in [0.29, 0.717) is 12.3 Å². The van der Waals surface area contributed by atoms with Gasteiger partial charge in [0.2, 0.25) is 5.91 Å². The molecule has 0 aliphatic heterocycles. The number of hydrogen-bond acceptors (Lipinski definition) is 3. The number of rotatable bonds is 7. The van der Waals surface area contributed by atoms with Crippen molar-refractivity contribution in [3.8, 4) is 0 Å². The topological polar surface area (TPSA) is 62.6 Å². The standard InChI is InChI=1S/C18H22N2O3/c1-3-11-20(18(22)16-10-7-12-23-16)14(2)13-17(21)19-15-8-5-4-6-9-15/h4-10,12,14H,3,11,13H2,1-2H3,(H,19,21)/t14-/m1/s1. The van der Waals surface area contributed by atoms with Gasteiger partial charge in [0, 0.05) is 24.7 Å². The molecule has 2 amide bonds. The molecule has 5 nitrogen and oxygen atoms in total. The Labute approximate surface area is 136 Å². The van der Waals surface area contributed by atoms with Gasteiger partial charge in [-0.05, 0) is 37.6 Å². The summed E-state index contributed by atoms with van der Waals surface area (Å²) in [5.74, 6) is 0.00248. The number of para-hydroxylation sites is 1. The molecule has 1 N–H and O–H groups in total. The van der Waals surface area contributed by atoms with E-state index in [2.05, 4.69) is 5.32 Å². The van der Waals surface area contributed by atoms with Crippen LogP contribution in [0.15, 0.2) is 53.1 Å². The van der Waals surface area contributed by atoms with E-state index in [-0.39, 0.29) is 24.3 Å². The molecule has 23 heavy (non-hydrogen) atoms. The summed E-state index contributed by atoms with van der Waals surface area (Å²) in [7, 11) is 0. The zero-order chi connectivity index (χ0) is 16.7. The smallest absolute Gasteiger partial charge is 0.289 e. The first-order valence-corrected chi connectivity index (χ1v) is 7.81. The van der Waals surface area contributed by atoms with Gasteiger partial charge >= 0.3 is 0 Å². The van der Waals surface area contributed by atoms with Crippen LogP contribution in [-0.4, -0.2) is 29.3 Å². The lowest BCUT2D eigenvalue weighted by atomic mass is 10.1. The van der Waals surface area contributed by atoms with Crippen LogP contribution >= 0.6 is 0 Å². The third-order valence-corrected chi connectivity index (χ3v) is 3.53. The van der Waals surface area contributed by atoms with E-state index in [1.807, 2.05) is 44.2 Å². The summed E-state index contributed by atoms with van der Waals surface area (Å²) in [5.41, 5.74) is 0.754. The highest BCUT2D eigenvalue weighted by molar-refractivity contribution is 5.94. The first-order chi connectivity index (χ1) is 11.1. The molecule has 1 aromatic carbocycles. The summed E-state index contributed by atoms with van der Waals surface area (Å²) in [5, 5.41) is 2.84. The summed E-state index contributed by atoms with van der Waals surface area (Å²) in [6, 6.07) is 12.4. The Morgan fingerprint density at radius 2 is 1.91 bits per heavy atom. The largest absolute Gasteiger partial charge is 0.459 e. The monoisotopic (exact) mass is 314 g/mol. The molecule has 1 aromatic heterocycles. The van der Waals surface area contributed by atoms with Gasteiger partial charge < -0.3 is 14.6 Å². The fourth-order valence-electron chi connectivity index (χ4n) is 2.42. The molecule has 0 fully saturated rings. The number of benzene rings is 1. The average molecular weight is 314 g/mol. The Hall–Kier alpha value is -2.56. The molecule has 2 rings (SSSR count). The van der Waals surface area contributed by atoms with Gasteiger partial charge in [-0.1, -0.05) is 25.1 Å². The molecule has 2 aromatic rings. The molecule has 1 heterocycles. The van der Waals surface area contributed by atoms with E-state index in [1.54, 1.807) is 17.0 Å². The maximum absolute atomic E-state index is 12.5. The molecule has 1 atom stereocenters. The van der Waals surface area contributed by atoms with Crippen molar-refractivity contribution in [3.05, 3.63) is 54.5 Å². The zero-order valence-corrected chi connectivity index (χ0v) is 13.5. The molecule has 122 valence electrons. The van der Waals surface area contributed by atoms with Crippen molar-refractivity contribution in [1.29, 1.82) is 0 Å². The second-order valence-electron chi connectivity index (χ2n) is 5.44. The van der Waals surface area contributed by atoms with Crippen LogP contribution in [0.5, 0.6) is 0 Å². The maximum atomic E-state index is 12.5. The Morgan fingerprint density at radius 1 is 1.17 bits per heavy atom. The number of hydrogen-bond donors (Lipinski definition) is 1. The highest BCUT2D eigenvalue weighted by atomic mass is 16.3. The first kappa shape index (κ1) is 16.8. The van der Waals surface area contributed by atoms with E-state index >= 15 is 0 Å².